The molecule has 1 aromatic rings. The fraction of sp³-hybridized carbons (Fsp3) is 0.571. The number of ether oxygens (including phenoxy) is 3. The van der Waals surface area contributed by atoms with Crippen LogP contribution in [-0.4, -0.2) is 40.3 Å². The van der Waals surface area contributed by atoms with Gasteiger partial charge in [0.2, 0.25) is 0 Å². The molecule has 9 nitrogen and oxygen atoms in total. The van der Waals surface area contributed by atoms with Crippen molar-refractivity contribution in [2.75, 3.05) is 6.61 Å². The minimum Gasteiger partial charge on any atom is -0.463 e. The van der Waals surface area contributed by atoms with Crippen LogP contribution >= 0.6 is 0 Å². The van der Waals surface area contributed by atoms with Crippen molar-refractivity contribution in [3.63, 3.8) is 0 Å². The molecule has 0 aromatic carbocycles. The number of nitrogens with zero attached hydrogens (tertiary/aromatic N) is 1. The quantitative estimate of drug-likeness (QED) is 0.755. The molecule has 1 saturated heterocycles. The predicted molar refractivity (Wildman–Crippen MR) is 76.7 cm³/mol. The van der Waals surface area contributed by atoms with Crippen LogP contribution in [0.1, 0.15) is 32.9 Å². The van der Waals surface area contributed by atoms with Gasteiger partial charge in [-0.2, -0.15) is 0 Å². The Morgan fingerprint density at radius 1 is 1.30 bits per heavy atom. The van der Waals surface area contributed by atoms with Gasteiger partial charge in [0.1, 0.15) is 25.0 Å². The van der Waals surface area contributed by atoms with Crippen LogP contribution in [0.3, 0.4) is 0 Å². The zero-order valence-electron chi connectivity index (χ0n) is 12.8. The Bertz CT molecular complexity index is 693. The number of carbonyl (C=O) groups is 2. The Labute approximate surface area is 131 Å². The standard InChI is InChI=1S/C14H18N2O7/c1-8(17)21-7-11-10(22-9(2)18)3-4-13(23-11)16-6-5-12(19)15-14(16)20/h5-6,10-11,13H,3-4,7H2,1-2H3,(H,15,19,20)/t10-,11+,13+/m0/s1. The Hall–Kier alpha value is -2.42. The summed E-state index contributed by atoms with van der Waals surface area (Å²) in [6, 6.07) is 1.21. The zero-order valence-corrected chi connectivity index (χ0v) is 12.8. The summed E-state index contributed by atoms with van der Waals surface area (Å²) in [7, 11) is 0. The van der Waals surface area contributed by atoms with Crippen molar-refractivity contribution in [1.82, 2.24) is 9.55 Å². The first-order chi connectivity index (χ1) is 10.9. The summed E-state index contributed by atoms with van der Waals surface area (Å²) < 4.78 is 17.1. The van der Waals surface area contributed by atoms with Crippen LogP contribution in [0.4, 0.5) is 0 Å². The SMILES string of the molecule is CC(=O)OC[C@H]1O[C@@H](n2ccc(=O)[nH]c2=O)CC[C@@H]1OC(C)=O. The van der Waals surface area contributed by atoms with Gasteiger partial charge in [-0.25, -0.2) is 4.79 Å². The number of aromatic amines is 1. The van der Waals surface area contributed by atoms with Crippen LogP contribution in [0.25, 0.3) is 0 Å². The maximum atomic E-state index is 11.8. The van der Waals surface area contributed by atoms with Crippen molar-refractivity contribution in [3.05, 3.63) is 33.1 Å². The molecule has 0 radical (unpaired) electrons. The van der Waals surface area contributed by atoms with Crippen molar-refractivity contribution in [2.45, 2.75) is 45.1 Å². The second-order valence-corrected chi connectivity index (χ2v) is 5.17. The molecule has 9 heteroatoms. The van der Waals surface area contributed by atoms with Crippen molar-refractivity contribution < 1.29 is 23.8 Å². The summed E-state index contributed by atoms with van der Waals surface area (Å²) in [4.78, 5) is 47.2. The monoisotopic (exact) mass is 326 g/mol. The van der Waals surface area contributed by atoms with E-state index in [0.29, 0.717) is 12.8 Å². The number of esters is 2. The lowest BCUT2D eigenvalue weighted by atomic mass is 10.0. The number of hydrogen-bond acceptors (Lipinski definition) is 7. The van der Waals surface area contributed by atoms with Crippen LogP contribution < -0.4 is 11.2 Å². The molecular formula is C14H18N2O7. The molecule has 0 spiro atoms. The highest BCUT2D eigenvalue weighted by molar-refractivity contribution is 5.66. The fourth-order valence-corrected chi connectivity index (χ4v) is 2.40. The lowest BCUT2D eigenvalue weighted by molar-refractivity contribution is -0.192. The van der Waals surface area contributed by atoms with Crippen LogP contribution in [0.15, 0.2) is 21.9 Å². The smallest absolute Gasteiger partial charge is 0.330 e. The van der Waals surface area contributed by atoms with E-state index in [1.807, 2.05) is 0 Å². The molecule has 1 aliphatic rings. The van der Waals surface area contributed by atoms with Crippen molar-refractivity contribution in [3.8, 4) is 0 Å². The summed E-state index contributed by atoms with van der Waals surface area (Å²) in [5, 5.41) is 0. The van der Waals surface area contributed by atoms with E-state index < -0.39 is 41.6 Å². The summed E-state index contributed by atoms with van der Waals surface area (Å²) in [5.74, 6) is -0.954. The fourth-order valence-electron chi connectivity index (χ4n) is 2.40. The highest BCUT2D eigenvalue weighted by Gasteiger charge is 2.35. The van der Waals surface area contributed by atoms with Gasteiger partial charge in [0.05, 0.1) is 0 Å². The number of aromatic nitrogens is 2. The zero-order chi connectivity index (χ0) is 17.0. The molecule has 0 saturated carbocycles. The van der Waals surface area contributed by atoms with Gasteiger partial charge in [0.15, 0.2) is 0 Å². The maximum Gasteiger partial charge on any atom is 0.330 e. The molecule has 1 aliphatic heterocycles. The highest BCUT2D eigenvalue weighted by Crippen LogP contribution is 2.28. The first kappa shape index (κ1) is 16.9. The van der Waals surface area contributed by atoms with E-state index in [2.05, 4.69) is 4.98 Å². The summed E-state index contributed by atoms with van der Waals surface area (Å²) in [6.45, 7) is 2.44. The number of hydrogen-bond donors (Lipinski definition) is 1. The lowest BCUT2D eigenvalue weighted by Gasteiger charge is -2.35. The Morgan fingerprint density at radius 2 is 2.04 bits per heavy atom. The normalized spacial score (nSPS) is 24.0. The second kappa shape index (κ2) is 7.23. The second-order valence-electron chi connectivity index (χ2n) is 5.17. The van der Waals surface area contributed by atoms with Crippen molar-refractivity contribution in [2.24, 2.45) is 0 Å². The molecule has 1 aromatic heterocycles. The summed E-state index contributed by atoms with van der Waals surface area (Å²) >= 11 is 0. The van der Waals surface area contributed by atoms with Gasteiger partial charge in [0.25, 0.3) is 5.56 Å². The van der Waals surface area contributed by atoms with Crippen molar-refractivity contribution in [1.29, 1.82) is 0 Å². The molecule has 0 unspecified atom stereocenters. The number of H-pyrrole nitrogens is 1. The number of nitrogens with one attached hydrogen (secondary N) is 1. The molecule has 0 aliphatic carbocycles. The Balaban J connectivity index is 2.16. The molecule has 23 heavy (non-hydrogen) atoms. The molecule has 1 N–H and O–H groups in total. The number of rotatable bonds is 4. The third-order valence-electron chi connectivity index (χ3n) is 3.37. The molecule has 2 rings (SSSR count). The Morgan fingerprint density at radius 3 is 2.65 bits per heavy atom. The van der Waals surface area contributed by atoms with Gasteiger partial charge in [-0.15, -0.1) is 0 Å². The minimum atomic E-state index is -0.694. The lowest BCUT2D eigenvalue weighted by Crippen LogP contribution is -2.45. The van der Waals surface area contributed by atoms with Gasteiger partial charge in [0, 0.05) is 26.1 Å². The largest absolute Gasteiger partial charge is 0.463 e. The van der Waals surface area contributed by atoms with Crippen LogP contribution in [0.2, 0.25) is 0 Å². The van der Waals surface area contributed by atoms with Gasteiger partial charge in [-0.3, -0.25) is 23.9 Å². The molecule has 2 heterocycles. The topological polar surface area (TPSA) is 117 Å². The van der Waals surface area contributed by atoms with Gasteiger partial charge in [-0.1, -0.05) is 0 Å². The first-order valence-corrected chi connectivity index (χ1v) is 7.14. The van der Waals surface area contributed by atoms with E-state index in [4.69, 9.17) is 14.2 Å². The average molecular weight is 326 g/mol. The van der Waals surface area contributed by atoms with E-state index in [-0.39, 0.29) is 6.61 Å². The average Bonchev–Trinajstić information content (AvgIpc) is 2.46. The van der Waals surface area contributed by atoms with Crippen molar-refractivity contribution >= 4 is 11.9 Å². The van der Waals surface area contributed by atoms with Crippen LogP contribution in [-0.2, 0) is 23.8 Å². The third kappa shape index (κ3) is 4.52. The summed E-state index contributed by atoms with van der Waals surface area (Å²) in [5.41, 5.74) is -1.10. The molecule has 1 fully saturated rings. The van der Waals surface area contributed by atoms with E-state index in [9.17, 15) is 19.2 Å². The van der Waals surface area contributed by atoms with Gasteiger partial charge < -0.3 is 14.2 Å². The molecule has 3 atom stereocenters. The van der Waals surface area contributed by atoms with Crippen LogP contribution in [0, 0.1) is 0 Å². The van der Waals surface area contributed by atoms with E-state index >= 15 is 0 Å². The predicted octanol–water partition coefficient (Wildman–Crippen LogP) is -0.291. The first-order valence-electron chi connectivity index (χ1n) is 7.14. The highest BCUT2D eigenvalue weighted by atomic mass is 16.6. The van der Waals surface area contributed by atoms with Crippen LogP contribution in [0.5, 0.6) is 0 Å². The molecule has 0 amide bonds. The number of carbonyl (C=O) groups excluding carboxylic acids is 2. The minimum absolute atomic E-state index is 0.0954. The van der Waals surface area contributed by atoms with E-state index in [0.717, 1.165) is 0 Å². The molecular weight excluding hydrogens is 308 g/mol. The van der Waals surface area contributed by atoms with E-state index in [1.165, 1.54) is 30.7 Å². The third-order valence-corrected chi connectivity index (χ3v) is 3.37. The molecule has 0 bridgehead atoms. The Kier molecular flexibility index (Phi) is 5.32. The van der Waals surface area contributed by atoms with E-state index in [1.54, 1.807) is 0 Å². The summed E-state index contributed by atoms with van der Waals surface area (Å²) in [6.07, 6.45) is 0.261. The maximum absolute atomic E-state index is 11.8. The molecule has 126 valence electrons. The van der Waals surface area contributed by atoms with Gasteiger partial charge >= 0.3 is 17.6 Å². The van der Waals surface area contributed by atoms with Gasteiger partial charge in [-0.05, 0) is 12.8 Å².